The van der Waals surface area contributed by atoms with Crippen LogP contribution >= 0.6 is 39.1 Å². The molecule has 0 bridgehead atoms. The van der Waals surface area contributed by atoms with Crippen LogP contribution in [-0.2, 0) is 6.61 Å². The molecule has 2 aromatic rings. The molecule has 0 saturated carbocycles. The number of nitrogens with two attached hydrogens (primary N) is 1. The second-order valence-corrected chi connectivity index (χ2v) is 5.85. The average Bonchev–Trinajstić information content (AvgIpc) is 2.42. The maximum atomic E-state index is 14.1. The highest BCUT2D eigenvalue weighted by atomic mass is 79.9. The minimum absolute atomic E-state index is 0.0380. The van der Waals surface area contributed by atoms with Gasteiger partial charge in [-0.2, -0.15) is 0 Å². The molecule has 3 N–H and O–H groups in total. The standard InChI is InChI=1S/C14H10BrCl2FN2O/c15-9-4-11(17)12(5-10(9)16)21-6-7-2-1-3-8(13(7)18)14(19)20/h1-5H,6H2,(H3,19,20). The third-order valence-corrected chi connectivity index (χ3v) is 4.22. The Balaban J connectivity index is 2.23. The van der Waals surface area contributed by atoms with Crippen LogP contribution in [-0.4, -0.2) is 5.84 Å². The number of rotatable bonds is 4. The maximum Gasteiger partial charge on any atom is 0.140 e. The number of nitrogens with one attached hydrogen (secondary N) is 1. The van der Waals surface area contributed by atoms with Gasteiger partial charge in [-0.1, -0.05) is 35.3 Å². The van der Waals surface area contributed by atoms with Crippen molar-refractivity contribution in [1.82, 2.24) is 0 Å². The smallest absolute Gasteiger partial charge is 0.140 e. The molecule has 0 aliphatic rings. The van der Waals surface area contributed by atoms with Gasteiger partial charge < -0.3 is 10.5 Å². The zero-order valence-corrected chi connectivity index (χ0v) is 13.7. The van der Waals surface area contributed by atoms with E-state index >= 15 is 0 Å². The van der Waals surface area contributed by atoms with Gasteiger partial charge in [0, 0.05) is 16.1 Å². The highest BCUT2D eigenvalue weighted by molar-refractivity contribution is 9.10. The lowest BCUT2D eigenvalue weighted by Gasteiger charge is -2.11. The third kappa shape index (κ3) is 3.67. The summed E-state index contributed by atoms with van der Waals surface area (Å²) in [7, 11) is 0. The van der Waals surface area contributed by atoms with E-state index in [1.165, 1.54) is 6.07 Å². The molecule has 0 spiro atoms. The Kier molecular flexibility index (Phi) is 5.08. The van der Waals surface area contributed by atoms with Crippen molar-refractivity contribution in [3.63, 3.8) is 0 Å². The second-order valence-electron chi connectivity index (χ2n) is 4.18. The van der Waals surface area contributed by atoms with Crippen LogP contribution in [0, 0.1) is 11.2 Å². The fourth-order valence-electron chi connectivity index (χ4n) is 1.67. The summed E-state index contributed by atoms with van der Waals surface area (Å²) >= 11 is 15.2. The molecule has 0 saturated heterocycles. The summed E-state index contributed by atoms with van der Waals surface area (Å²) in [4.78, 5) is 0. The Morgan fingerprint density at radius 2 is 2.00 bits per heavy atom. The van der Waals surface area contributed by atoms with E-state index in [0.29, 0.717) is 20.3 Å². The van der Waals surface area contributed by atoms with Crippen LogP contribution in [0.2, 0.25) is 10.0 Å². The number of halogens is 4. The third-order valence-electron chi connectivity index (χ3n) is 2.73. The minimum Gasteiger partial charge on any atom is -0.487 e. The van der Waals surface area contributed by atoms with Crippen LogP contribution in [0.1, 0.15) is 11.1 Å². The predicted molar refractivity (Wildman–Crippen MR) is 85.9 cm³/mol. The lowest BCUT2D eigenvalue weighted by Crippen LogP contribution is -2.14. The van der Waals surface area contributed by atoms with Gasteiger partial charge in [0.15, 0.2) is 0 Å². The highest BCUT2D eigenvalue weighted by Crippen LogP contribution is 2.34. The van der Waals surface area contributed by atoms with E-state index in [2.05, 4.69) is 15.9 Å². The number of amidine groups is 1. The van der Waals surface area contributed by atoms with Gasteiger partial charge in [-0.15, -0.1) is 0 Å². The fourth-order valence-corrected chi connectivity index (χ4v) is 2.52. The van der Waals surface area contributed by atoms with E-state index < -0.39 is 5.82 Å². The van der Waals surface area contributed by atoms with Crippen LogP contribution in [0.3, 0.4) is 0 Å². The van der Waals surface area contributed by atoms with Gasteiger partial charge in [0.05, 0.1) is 15.6 Å². The molecule has 7 heteroatoms. The van der Waals surface area contributed by atoms with Gasteiger partial charge in [-0.05, 0) is 28.1 Å². The lowest BCUT2D eigenvalue weighted by molar-refractivity contribution is 0.300. The molecule has 3 nitrogen and oxygen atoms in total. The van der Waals surface area contributed by atoms with Crippen LogP contribution in [0.25, 0.3) is 0 Å². The molecule has 2 aromatic carbocycles. The summed E-state index contributed by atoms with van der Waals surface area (Å²) in [5.74, 6) is -0.569. The van der Waals surface area contributed by atoms with E-state index in [4.69, 9.17) is 39.1 Å². The van der Waals surface area contributed by atoms with E-state index in [9.17, 15) is 4.39 Å². The molecule has 0 aliphatic heterocycles. The number of ether oxygens (including phenoxy) is 1. The summed E-state index contributed by atoms with van der Waals surface area (Å²) in [5.41, 5.74) is 5.62. The number of hydrogen-bond acceptors (Lipinski definition) is 2. The average molecular weight is 392 g/mol. The van der Waals surface area contributed by atoms with Gasteiger partial charge in [-0.25, -0.2) is 4.39 Å². The summed E-state index contributed by atoms with van der Waals surface area (Å²) in [6, 6.07) is 7.73. The summed E-state index contributed by atoms with van der Waals surface area (Å²) < 4.78 is 20.2. The van der Waals surface area contributed by atoms with Crippen molar-refractivity contribution in [3.8, 4) is 5.75 Å². The van der Waals surface area contributed by atoms with Crippen LogP contribution < -0.4 is 10.5 Å². The molecule has 0 amide bonds. The molecular formula is C14H10BrCl2FN2O. The molecule has 0 aliphatic carbocycles. The lowest BCUT2D eigenvalue weighted by atomic mass is 10.1. The Hall–Kier alpha value is -1.30. The van der Waals surface area contributed by atoms with Gasteiger partial charge >= 0.3 is 0 Å². The molecule has 0 heterocycles. The first-order valence-corrected chi connectivity index (χ1v) is 7.34. The van der Waals surface area contributed by atoms with Crippen LogP contribution in [0.5, 0.6) is 5.75 Å². The molecule has 0 aromatic heterocycles. The topological polar surface area (TPSA) is 59.1 Å². The van der Waals surface area contributed by atoms with E-state index in [-0.39, 0.29) is 23.6 Å². The molecule has 2 rings (SSSR count). The number of hydrogen-bond donors (Lipinski definition) is 2. The molecule has 0 atom stereocenters. The Labute approximate surface area is 139 Å². The van der Waals surface area contributed by atoms with Gasteiger partial charge in [0.25, 0.3) is 0 Å². The summed E-state index contributed by atoms with van der Waals surface area (Å²) in [5, 5.41) is 8.10. The molecule has 0 unspecified atom stereocenters. The van der Waals surface area contributed by atoms with Crippen LogP contribution in [0.4, 0.5) is 4.39 Å². The number of benzene rings is 2. The van der Waals surface area contributed by atoms with Gasteiger partial charge in [0.1, 0.15) is 24.0 Å². The largest absolute Gasteiger partial charge is 0.487 e. The quantitative estimate of drug-likeness (QED) is 0.448. The molecule has 0 fully saturated rings. The second kappa shape index (κ2) is 6.64. The number of nitrogen functional groups attached to an aromatic ring is 1. The molecular weight excluding hydrogens is 382 g/mol. The molecule has 21 heavy (non-hydrogen) atoms. The zero-order chi connectivity index (χ0) is 15.6. The summed E-state index contributed by atoms with van der Waals surface area (Å²) in [6.45, 7) is -0.0510. The van der Waals surface area contributed by atoms with Crippen molar-refractivity contribution in [3.05, 3.63) is 61.8 Å². The van der Waals surface area contributed by atoms with Crippen molar-refractivity contribution >= 4 is 45.0 Å². The van der Waals surface area contributed by atoms with Crippen molar-refractivity contribution in [1.29, 1.82) is 5.41 Å². The Morgan fingerprint density at radius 3 is 2.67 bits per heavy atom. The normalized spacial score (nSPS) is 10.5. The predicted octanol–water partition coefficient (Wildman–Crippen LogP) is 4.76. The molecule has 0 radical (unpaired) electrons. The fraction of sp³-hybridized carbons (Fsp3) is 0.0714. The van der Waals surface area contributed by atoms with E-state index in [0.717, 1.165) is 0 Å². The molecule has 110 valence electrons. The van der Waals surface area contributed by atoms with Crippen molar-refractivity contribution in [2.45, 2.75) is 6.61 Å². The van der Waals surface area contributed by atoms with Crippen molar-refractivity contribution in [2.75, 3.05) is 0 Å². The maximum absolute atomic E-state index is 14.1. The van der Waals surface area contributed by atoms with Crippen LogP contribution in [0.15, 0.2) is 34.8 Å². The van der Waals surface area contributed by atoms with Crippen molar-refractivity contribution in [2.24, 2.45) is 5.73 Å². The van der Waals surface area contributed by atoms with E-state index in [1.807, 2.05) is 0 Å². The highest BCUT2D eigenvalue weighted by Gasteiger charge is 2.12. The first-order chi connectivity index (χ1) is 9.90. The Morgan fingerprint density at radius 1 is 1.29 bits per heavy atom. The Bertz CT molecular complexity index is 710. The monoisotopic (exact) mass is 390 g/mol. The van der Waals surface area contributed by atoms with Gasteiger partial charge in [0.2, 0.25) is 0 Å². The van der Waals surface area contributed by atoms with Crippen molar-refractivity contribution < 1.29 is 9.13 Å². The SMILES string of the molecule is N=C(N)c1cccc(COc2cc(Cl)c(Br)cc2Cl)c1F. The first kappa shape index (κ1) is 16.1. The van der Waals surface area contributed by atoms with E-state index in [1.54, 1.807) is 24.3 Å². The minimum atomic E-state index is -0.579. The zero-order valence-electron chi connectivity index (χ0n) is 10.6. The van der Waals surface area contributed by atoms with Gasteiger partial charge in [-0.3, -0.25) is 5.41 Å². The first-order valence-electron chi connectivity index (χ1n) is 5.79. The summed E-state index contributed by atoms with van der Waals surface area (Å²) in [6.07, 6.45) is 0.